The molecule has 0 bridgehead atoms. The van der Waals surface area contributed by atoms with E-state index in [1.807, 2.05) is 6.07 Å². The van der Waals surface area contributed by atoms with Crippen molar-refractivity contribution in [2.45, 2.75) is 62.0 Å². The van der Waals surface area contributed by atoms with E-state index in [-0.39, 0.29) is 18.1 Å². The lowest BCUT2D eigenvalue weighted by Crippen LogP contribution is -2.24. The predicted molar refractivity (Wildman–Crippen MR) is 125 cm³/mol. The molecule has 1 fully saturated rings. The number of ether oxygens (including phenoxy) is 1. The van der Waals surface area contributed by atoms with Gasteiger partial charge >= 0.3 is 0 Å². The molecule has 0 aliphatic heterocycles. The van der Waals surface area contributed by atoms with E-state index in [0.29, 0.717) is 27.1 Å². The zero-order valence-corrected chi connectivity index (χ0v) is 19.8. The van der Waals surface area contributed by atoms with Crippen LogP contribution in [0.25, 0.3) is 0 Å². The molecule has 5 nitrogen and oxygen atoms in total. The molecule has 2 aromatic carbocycles. The van der Waals surface area contributed by atoms with Gasteiger partial charge in [0.2, 0.25) is 0 Å². The van der Waals surface area contributed by atoms with Gasteiger partial charge in [-0.25, -0.2) is 8.42 Å². The summed E-state index contributed by atoms with van der Waals surface area (Å²) >= 11 is 6.41. The fourth-order valence-corrected chi connectivity index (χ4v) is 6.09. The minimum Gasteiger partial charge on any atom is -0.484 e. The molecular formula is C25H29ClN2O3S. The molecule has 2 aromatic rings. The summed E-state index contributed by atoms with van der Waals surface area (Å²) in [6.07, 6.45) is 8.40. The molecule has 4 unspecified atom stereocenters. The molecule has 7 heteroatoms. The average Bonchev–Trinajstić information content (AvgIpc) is 2.93. The Balaban J connectivity index is 1.66. The van der Waals surface area contributed by atoms with Crippen LogP contribution in [0.2, 0.25) is 5.02 Å². The highest BCUT2D eigenvalue weighted by atomic mass is 35.5. The largest absolute Gasteiger partial charge is 0.484 e. The number of benzene rings is 2. The van der Waals surface area contributed by atoms with Crippen LogP contribution in [0.1, 0.15) is 61.3 Å². The molecule has 0 spiro atoms. The van der Waals surface area contributed by atoms with Gasteiger partial charge in [-0.3, -0.25) is 0 Å². The third kappa shape index (κ3) is 5.11. The Morgan fingerprint density at radius 3 is 2.69 bits per heavy atom. The fraction of sp³-hybridized carbons (Fsp3) is 0.480. The van der Waals surface area contributed by atoms with E-state index in [9.17, 15) is 8.42 Å². The van der Waals surface area contributed by atoms with Gasteiger partial charge in [0.15, 0.2) is 9.84 Å². The third-order valence-corrected chi connectivity index (χ3v) is 8.19. The summed E-state index contributed by atoms with van der Waals surface area (Å²) in [5, 5.41) is 9.51. The zero-order chi connectivity index (χ0) is 22.9. The Labute approximate surface area is 195 Å². The molecule has 1 saturated carbocycles. The van der Waals surface area contributed by atoms with Crippen molar-refractivity contribution in [3.05, 3.63) is 58.1 Å². The first-order valence-electron chi connectivity index (χ1n) is 11.2. The van der Waals surface area contributed by atoms with Gasteiger partial charge in [0.05, 0.1) is 21.6 Å². The second-order valence-corrected chi connectivity index (χ2v) is 11.7. The van der Waals surface area contributed by atoms with Crippen molar-refractivity contribution >= 4 is 21.4 Å². The van der Waals surface area contributed by atoms with Crippen LogP contribution in [0.5, 0.6) is 5.75 Å². The van der Waals surface area contributed by atoms with Gasteiger partial charge in [0.1, 0.15) is 11.9 Å². The number of sulfone groups is 1. The van der Waals surface area contributed by atoms with Crippen molar-refractivity contribution in [1.82, 2.24) is 0 Å². The molecule has 0 heterocycles. The van der Waals surface area contributed by atoms with Gasteiger partial charge in [0, 0.05) is 18.2 Å². The number of nitrogens with zero attached hydrogens (tertiary/aromatic N) is 1. The van der Waals surface area contributed by atoms with Gasteiger partial charge in [0.25, 0.3) is 0 Å². The first-order chi connectivity index (χ1) is 15.2. The van der Waals surface area contributed by atoms with E-state index >= 15 is 0 Å². The lowest BCUT2D eigenvalue weighted by Gasteiger charge is -2.27. The molecule has 32 heavy (non-hydrogen) atoms. The van der Waals surface area contributed by atoms with Crippen LogP contribution in [0.15, 0.2) is 41.3 Å². The van der Waals surface area contributed by atoms with E-state index in [2.05, 4.69) is 6.07 Å². The zero-order valence-electron chi connectivity index (χ0n) is 18.3. The van der Waals surface area contributed by atoms with Gasteiger partial charge < -0.3 is 10.5 Å². The summed E-state index contributed by atoms with van der Waals surface area (Å²) in [5.41, 5.74) is 8.82. The first kappa shape index (κ1) is 23.1. The van der Waals surface area contributed by atoms with Gasteiger partial charge in [-0.15, -0.1) is 0 Å². The van der Waals surface area contributed by atoms with E-state index in [1.54, 1.807) is 30.3 Å². The van der Waals surface area contributed by atoms with Crippen LogP contribution in [-0.4, -0.2) is 20.7 Å². The van der Waals surface area contributed by atoms with Crippen LogP contribution < -0.4 is 10.5 Å². The van der Waals surface area contributed by atoms with Crippen molar-refractivity contribution < 1.29 is 13.2 Å². The minimum atomic E-state index is -3.33. The lowest BCUT2D eigenvalue weighted by atomic mass is 9.85. The summed E-state index contributed by atoms with van der Waals surface area (Å²) in [6.45, 7) is 0. The number of hydrogen-bond donors (Lipinski definition) is 1. The number of halogens is 1. The smallest absolute Gasteiger partial charge is 0.175 e. The number of nitrogens with two attached hydrogens (primary N) is 1. The van der Waals surface area contributed by atoms with E-state index < -0.39 is 9.84 Å². The maximum absolute atomic E-state index is 12.2. The maximum atomic E-state index is 12.2. The third-order valence-electron chi connectivity index (χ3n) is 6.79. The van der Waals surface area contributed by atoms with Gasteiger partial charge in [-0.1, -0.05) is 36.9 Å². The molecule has 0 saturated heterocycles. The van der Waals surface area contributed by atoms with E-state index in [1.165, 1.54) is 25.5 Å². The second kappa shape index (κ2) is 9.43. The van der Waals surface area contributed by atoms with Crippen molar-refractivity contribution in [2.24, 2.45) is 17.6 Å². The van der Waals surface area contributed by atoms with Crippen molar-refractivity contribution in [3.63, 3.8) is 0 Å². The number of rotatable bonds is 5. The Morgan fingerprint density at radius 2 is 1.97 bits per heavy atom. The molecule has 2 aliphatic carbocycles. The summed E-state index contributed by atoms with van der Waals surface area (Å²) in [4.78, 5) is 0.299. The van der Waals surface area contributed by atoms with Gasteiger partial charge in [-0.05, 0) is 73.1 Å². The van der Waals surface area contributed by atoms with Crippen LogP contribution in [0, 0.1) is 23.2 Å². The molecule has 2 N–H and O–H groups in total. The Bertz CT molecular complexity index is 1140. The highest BCUT2D eigenvalue weighted by Gasteiger charge is 2.37. The van der Waals surface area contributed by atoms with E-state index in [4.69, 9.17) is 27.3 Å². The summed E-state index contributed by atoms with van der Waals surface area (Å²) in [7, 11) is -3.33. The molecular weight excluding hydrogens is 444 g/mol. The van der Waals surface area contributed by atoms with Crippen LogP contribution in [-0.2, 0) is 16.3 Å². The normalized spacial score (nSPS) is 25.6. The quantitative estimate of drug-likeness (QED) is 0.603. The molecule has 170 valence electrons. The molecule has 4 atom stereocenters. The topological polar surface area (TPSA) is 93.2 Å². The first-order valence-corrected chi connectivity index (χ1v) is 13.5. The molecule has 2 aliphatic rings. The predicted octanol–water partition coefficient (Wildman–Crippen LogP) is 5.21. The molecule has 0 aromatic heterocycles. The van der Waals surface area contributed by atoms with Crippen LogP contribution in [0.3, 0.4) is 0 Å². The Kier molecular flexibility index (Phi) is 6.80. The molecule has 4 rings (SSSR count). The average molecular weight is 473 g/mol. The Hall–Kier alpha value is -2.07. The number of nitriles is 1. The summed E-state index contributed by atoms with van der Waals surface area (Å²) in [6, 6.07) is 12.7. The van der Waals surface area contributed by atoms with Crippen molar-refractivity contribution in [2.75, 3.05) is 6.26 Å². The number of hydrogen-bond acceptors (Lipinski definition) is 5. The minimum absolute atomic E-state index is 0.210. The highest BCUT2D eigenvalue weighted by Crippen LogP contribution is 2.45. The molecule has 0 amide bonds. The highest BCUT2D eigenvalue weighted by molar-refractivity contribution is 7.90. The standard InChI is InChI=1S/C25H29ClN2O3S/c1-32(29,30)21-8-7-18-13-19(10-16-4-2-3-5-20(28)11-16)25(22(18)14-21)31-24-9-6-17(15-27)12-23(24)26/h6-9,12,14,16,19-20,25H,2-5,10-11,13,28H2,1H3. The monoisotopic (exact) mass is 472 g/mol. The summed E-state index contributed by atoms with van der Waals surface area (Å²) < 4.78 is 30.8. The van der Waals surface area contributed by atoms with Crippen molar-refractivity contribution in [1.29, 1.82) is 5.26 Å². The fourth-order valence-electron chi connectivity index (χ4n) is 5.21. The second-order valence-electron chi connectivity index (χ2n) is 9.27. The van der Waals surface area contributed by atoms with Crippen molar-refractivity contribution in [3.8, 4) is 11.8 Å². The van der Waals surface area contributed by atoms with Gasteiger partial charge in [-0.2, -0.15) is 5.26 Å². The van der Waals surface area contributed by atoms with Crippen LogP contribution >= 0.6 is 11.6 Å². The van der Waals surface area contributed by atoms with Crippen LogP contribution in [0.4, 0.5) is 0 Å². The maximum Gasteiger partial charge on any atom is 0.175 e. The summed E-state index contributed by atoms with van der Waals surface area (Å²) in [5.74, 6) is 1.25. The Morgan fingerprint density at radius 1 is 1.19 bits per heavy atom. The lowest BCUT2D eigenvalue weighted by molar-refractivity contribution is 0.128. The SMILES string of the molecule is CS(=O)(=O)c1ccc2c(c1)C(Oc1ccc(C#N)cc1Cl)C(CC1CCCCC(N)C1)C2. The van der Waals surface area contributed by atoms with E-state index in [0.717, 1.165) is 36.8 Å². The molecule has 0 radical (unpaired) electrons. The number of fused-ring (bicyclic) bond motifs is 1.